The zero-order chi connectivity index (χ0) is 12.5. The normalized spacial score (nSPS) is 30.1. The molecule has 1 aliphatic heterocycles. The minimum absolute atomic E-state index is 0.381. The van der Waals surface area contributed by atoms with Gasteiger partial charge in [-0.05, 0) is 18.4 Å². The molecule has 0 spiro atoms. The molecule has 0 amide bonds. The number of benzene rings is 1. The first kappa shape index (κ1) is 12.6. The van der Waals surface area contributed by atoms with E-state index in [4.69, 9.17) is 0 Å². The van der Waals surface area contributed by atoms with Crippen LogP contribution < -0.4 is 0 Å². The van der Waals surface area contributed by atoms with Gasteiger partial charge in [-0.3, -0.25) is 4.90 Å². The molecule has 1 aliphatic rings. The summed E-state index contributed by atoms with van der Waals surface area (Å²) in [6.45, 7) is 9.10. The lowest BCUT2D eigenvalue weighted by Gasteiger charge is -2.27. The van der Waals surface area contributed by atoms with Gasteiger partial charge in [-0.25, -0.2) is 0 Å². The van der Waals surface area contributed by atoms with Crippen molar-refractivity contribution in [3.8, 4) is 0 Å². The highest BCUT2D eigenvalue weighted by molar-refractivity contribution is 5.15. The van der Waals surface area contributed by atoms with Crippen LogP contribution in [0, 0.1) is 11.8 Å². The fourth-order valence-corrected chi connectivity index (χ4v) is 3.00. The van der Waals surface area contributed by atoms with Gasteiger partial charge in [0.25, 0.3) is 0 Å². The highest BCUT2D eigenvalue weighted by atomic mass is 16.3. The van der Waals surface area contributed by atoms with E-state index in [1.165, 1.54) is 5.56 Å². The standard InChI is InChI=1S/C15H23NO/c1-12(2)14-10-16(11-15(14,3)17)9-13-7-5-4-6-8-13/h4-8,12,14,17H,9-11H2,1-3H3/t14-,15+/m0/s1. The summed E-state index contributed by atoms with van der Waals surface area (Å²) in [4.78, 5) is 2.36. The third kappa shape index (κ3) is 2.88. The van der Waals surface area contributed by atoms with E-state index in [-0.39, 0.29) is 0 Å². The van der Waals surface area contributed by atoms with Crippen molar-refractivity contribution in [3.05, 3.63) is 35.9 Å². The lowest BCUT2D eigenvalue weighted by Crippen LogP contribution is -2.36. The number of hydrogen-bond donors (Lipinski definition) is 1. The summed E-state index contributed by atoms with van der Waals surface area (Å²) in [6.07, 6.45) is 0. The van der Waals surface area contributed by atoms with E-state index in [1.807, 2.05) is 13.0 Å². The molecule has 0 bridgehead atoms. The highest BCUT2D eigenvalue weighted by Gasteiger charge is 2.42. The van der Waals surface area contributed by atoms with E-state index < -0.39 is 5.60 Å². The topological polar surface area (TPSA) is 23.5 Å². The summed E-state index contributed by atoms with van der Waals surface area (Å²) in [5.74, 6) is 0.914. The molecular formula is C15H23NO. The van der Waals surface area contributed by atoms with Crippen molar-refractivity contribution in [2.45, 2.75) is 32.9 Å². The van der Waals surface area contributed by atoms with Gasteiger partial charge in [0.05, 0.1) is 5.60 Å². The first-order valence-electron chi connectivity index (χ1n) is 6.48. The molecule has 2 nitrogen and oxygen atoms in total. The second-order valence-corrected chi connectivity index (χ2v) is 5.86. The van der Waals surface area contributed by atoms with Gasteiger partial charge in [-0.2, -0.15) is 0 Å². The van der Waals surface area contributed by atoms with Gasteiger partial charge in [0.1, 0.15) is 0 Å². The fourth-order valence-electron chi connectivity index (χ4n) is 3.00. The van der Waals surface area contributed by atoms with E-state index in [0.717, 1.165) is 19.6 Å². The van der Waals surface area contributed by atoms with Crippen molar-refractivity contribution in [2.24, 2.45) is 11.8 Å². The zero-order valence-electron chi connectivity index (χ0n) is 11.1. The van der Waals surface area contributed by atoms with E-state index in [2.05, 4.69) is 43.0 Å². The summed E-state index contributed by atoms with van der Waals surface area (Å²) >= 11 is 0. The molecule has 2 atom stereocenters. The summed E-state index contributed by atoms with van der Waals surface area (Å²) in [5.41, 5.74) is 0.788. The first-order valence-corrected chi connectivity index (χ1v) is 6.48. The van der Waals surface area contributed by atoms with Gasteiger partial charge >= 0.3 is 0 Å². The Morgan fingerprint density at radius 1 is 1.35 bits per heavy atom. The molecule has 1 heterocycles. The van der Waals surface area contributed by atoms with Crippen molar-refractivity contribution >= 4 is 0 Å². The maximum atomic E-state index is 10.4. The van der Waals surface area contributed by atoms with Gasteiger partial charge in [-0.1, -0.05) is 44.2 Å². The number of nitrogens with zero attached hydrogens (tertiary/aromatic N) is 1. The molecule has 1 N–H and O–H groups in total. The van der Waals surface area contributed by atoms with E-state index in [1.54, 1.807) is 0 Å². The molecule has 0 unspecified atom stereocenters. The van der Waals surface area contributed by atoms with Gasteiger partial charge in [0, 0.05) is 25.6 Å². The van der Waals surface area contributed by atoms with Crippen molar-refractivity contribution in [1.82, 2.24) is 4.90 Å². The average molecular weight is 233 g/mol. The predicted octanol–water partition coefficient (Wildman–Crippen LogP) is 2.53. The molecule has 0 radical (unpaired) electrons. The van der Waals surface area contributed by atoms with Gasteiger partial charge < -0.3 is 5.11 Å². The molecule has 2 rings (SSSR count). The van der Waals surface area contributed by atoms with E-state index >= 15 is 0 Å². The minimum Gasteiger partial charge on any atom is -0.388 e. The summed E-state index contributed by atoms with van der Waals surface area (Å²) in [7, 11) is 0. The molecule has 0 aliphatic carbocycles. The van der Waals surface area contributed by atoms with Crippen LogP contribution in [0.2, 0.25) is 0 Å². The SMILES string of the molecule is CC(C)[C@@H]1CN(Cc2ccccc2)C[C@@]1(C)O. The fraction of sp³-hybridized carbons (Fsp3) is 0.600. The quantitative estimate of drug-likeness (QED) is 0.867. The number of β-amino-alcohol motifs (C(OH)–C–C–N with tert-alkyl or cyclic N) is 1. The number of hydrogen-bond acceptors (Lipinski definition) is 2. The van der Waals surface area contributed by atoms with Gasteiger partial charge in [-0.15, -0.1) is 0 Å². The Hall–Kier alpha value is -0.860. The van der Waals surface area contributed by atoms with Crippen LogP contribution in [0.3, 0.4) is 0 Å². The smallest absolute Gasteiger partial charge is 0.0788 e. The molecule has 1 aromatic carbocycles. The van der Waals surface area contributed by atoms with Crippen LogP contribution in [0.4, 0.5) is 0 Å². The van der Waals surface area contributed by atoms with Crippen LogP contribution in [-0.2, 0) is 6.54 Å². The third-order valence-electron chi connectivity index (χ3n) is 3.85. The van der Waals surface area contributed by atoms with E-state index in [0.29, 0.717) is 11.8 Å². The monoisotopic (exact) mass is 233 g/mol. The second kappa shape index (κ2) is 4.79. The van der Waals surface area contributed by atoms with Crippen LogP contribution in [-0.4, -0.2) is 28.7 Å². The Morgan fingerprint density at radius 2 is 2.00 bits per heavy atom. The lowest BCUT2D eigenvalue weighted by atomic mass is 9.84. The first-order chi connectivity index (χ1) is 7.99. The van der Waals surface area contributed by atoms with Crippen molar-refractivity contribution in [2.75, 3.05) is 13.1 Å². The van der Waals surface area contributed by atoms with Crippen LogP contribution in [0.25, 0.3) is 0 Å². The van der Waals surface area contributed by atoms with Gasteiger partial charge in [0.15, 0.2) is 0 Å². The third-order valence-corrected chi connectivity index (χ3v) is 3.85. The Labute approximate surface area is 104 Å². The summed E-state index contributed by atoms with van der Waals surface area (Å²) in [6, 6.07) is 10.5. The number of aliphatic hydroxyl groups is 1. The lowest BCUT2D eigenvalue weighted by molar-refractivity contribution is 0.0141. The molecule has 0 aromatic heterocycles. The van der Waals surface area contributed by atoms with Crippen LogP contribution in [0.5, 0.6) is 0 Å². The van der Waals surface area contributed by atoms with E-state index in [9.17, 15) is 5.11 Å². The molecule has 0 saturated carbocycles. The Kier molecular flexibility index (Phi) is 3.55. The largest absolute Gasteiger partial charge is 0.388 e. The van der Waals surface area contributed by atoms with Crippen molar-refractivity contribution in [1.29, 1.82) is 0 Å². The molecule has 17 heavy (non-hydrogen) atoms. The molecule has 1 aromatic rings. The summed E-state index contributed by atoms with van der Waals surface area (Å²) < 4.78 is 0. The molecule has 2 heteroatoms. The molecule has 94 valence electrons. The number of rotatable bonds is 3. The maximum absolute atomic E-state index is 10.4. The molecule has 1 fully saturated rings. The zero-order valence-corrected chi connectivity index (χ0v) is 11.1. The Morgan fingerprint density at radius 3 is 2.53 bits per heavy atom. The van der Waals surface area contributed by atoms with Crippen molar-refractivity contribution < 1.29 is 5.11 Å². The van der Waals surface area contributed by atoms with Crippen molar-refractivity contribution in [3.63, 3.8) is 0 Å². The average Bonchev–Trinajstić information content (AvgIpc) is 2.55. The minimum atomic E-state index is -0.539. The van der Waals surface area contributed by atoms with Crippen LogP contribution >= 0.6 is 0 Å². The number of likely N-dealkylation sites (tertiary alicyclic amines) is 1. The predicted molar refractivity (Wildman–Crippen MR) is 70.7 cm³/mol. The second-order valence-electron chi connectivity index (χ2n) is 5.86. The summed E-state index contributed by atoms with van der Waals surface area (Å²) in [5, 5.41) is 10.4. The van der Waals surface area contributed by atoms with Gasteiger partial charge in [0.2, 0.25) is 0 Å². The molecule has 1 saturated heterocycles. The molecular weight excluding hydrogens is 210 g/mol. The Bertz CT molecular complexity index is 358. The Balaban J connectivity index is 2.02. The van der Waals surface area contributed by atoms with Crippen LogP contribution in [0.1, 0.15) is 26.3 Å². The maximum Gasteiger partial charge on any atom is 0.0788 e. The van der Waals surface area contributed by atoms with Crippen LogP contribution in [0.15, 0.2) is 30.3 Å². The highest BCUT2D eigenvalue weighted by Crippen LogP contribution is 2.33.